The summed E-state index contributed by atoms with van der Waals surface area (Å²) >= 11 is 3.72. The third-order valence-corrected chi connectivity index (χ3v) is 0.737. The van der Waals surface area contributed by atoms with Gasteiger partial charge < -0.3 is 0 Å². The molecule has 0 radical (unpaired) electrons. The number of hydrogen-bond acceptors (Lipinski definition) is 1. The summed E-state index contributed by atoms with van der Waals surface area (Å²) in [6, 6.07) is 0. The molecule has 0 aromatic heterocycles. The van der Waals surface area contributed by atoms with E-state index in [-0.39, 0.29) is 0 Å². The Morgan fingerprint density at radius 1 is 2.00 bits per heavy atom. The molecular weight excluding hydrogens is 94.1 g/mol. The summed E-state index contributed by atoms with van der Waals surface area (Å²) in [5.41, 5.74) is 0.623. The molecule has 0 aromatic carbocycles. The fourth-order valence-electron chi connectivity index (χ4n) is 0.0289. The Balaban J connectivity index is 3.61. The summed E-state index contributed by atoms with van der Waals surface area (Å²) < 4.78 is 0. The van der Waals surface area contributed by atoms with Gasteiger partial charge in [-0.05, 0) is 12.3 Å². The van der Waals surface area contributed by atoms with Crippen LogP contribution >= 0.6 is 12.6 Å². The van der Waals surface area contributed by atoms with Gasteiger partial charge in [0.1, 0.15) is 0 Å². The molecule has 0 saturated heterocycles. The highest BCUT2D eigenvalue weighted by Crippen LogP contribution is 1.92. The predicted octanol–water partition coefficient (Wildman–Crippen LogP) is 1.70. The van der Waals surface area contributed by atoms with Crippen LogP contribution in [0.1, 0.15) is 6.92 Å². The van der Waals surface area contributed by atoms with E-state index >= 15 is 0 Å². The molecule has 0 aliphatic rings. The van der Waals surface area contributed by atoms with Gasteiger partial charge in [-0.2, -0.15) is 12.6 Å². The third-order valence-electron chi connectivity index (χ3n) is 0.363. The maximum absolute atomic E-state index is 6.32. The molecule has 0 atom stereocenters. The van der Waals surface area contributed by atoms with E-state index < -0.39 is 0 Å². The molecule has 0 aromatic rings. The fourth-order valence-corrected chi connectivity index (χ4v) is 0.0866. The SMILES string of the molecule is [C-]#[N+]/C(C)=C\S. The second-order valence-corrected chi connectivity index (χ2v) is 1.14. The van der Waals surface area contributed by atoms with Crippen LogP contribution in [0, 0.1) is 6.57 Å². The molecule has 32 valence electrons. The van der Waals surface area contributed by atoms with Crippen molar-refractivity contribution in [3.63, 3.8) is 0 Å². The van der Waals surface area contributed by atoms with Gasteiger partial charge in [0.15, 0.2) is 5.70 Å². The van der Waals surface area contributed by atoms with Crippen LogP contribution in [0.5, 0.6) is 0 Å². The van der Waals surface area contributed by atoms with E-state index in [0.29, 0.717) is 5.70 Å². The maximum Gasteiger partial charge on any atom is 0.168 e. The van der Waals surface area contributed by atoms with Crippen molar-refractivity contribution in [2.45, 2.75) is 6.92 Å². The normalized spacial score (nSPS) is 10.5. The Kier molecular flexibility index (Phi) is 2.60. The summed E-state index contributed by atoms with van der Waals surface area (Å²) in [6.07, 6.45) is 0. The molecule has 2 heteroatoms. The molecule has 0 spiro atoms. The summed E-state index contributed by atoms with van der Waals surface area (Å²) in [5, 5.41) is 1.48. The first-order chi connectivity index (χ1) is 2.81. The molecule has 0 heterocycles. The maximum atomic E-state index is 6.32. The average molecular weight is 99.2 g/mol. The zero-order valence-corrected chi connectivity index (χ0v) is 4.37. The molecule has 0 aliphatic heterocycles. The van der Waals surface area contributed by atoms with Crippen molar-refractivity contribution >= 4 is 12.6 Å². The number of allylic oxidation sites excluding steroid dienone is 1. The molecule has 6 heavy (non-hydrogen) atoms. The van der Waals surface area contributed by atoms with Crippen LogP contribution in [-0.4, -0.2) is 0 Å². The smallest absolute Gasteiger partial charge is 0.168 e. The Bertz CT molecular complexity index is 98.6. The minimum atomic E-state index is 0.623. The van der Waals surface area contributed by atoms with Gasteiger partial charge in [-0.15, -0.1) is 0 Å². The number of rotatable bonds is 0. The summed E-state index contributed by atoms with van der Waals surface area (Å²) in [7, 11) is 0. The van der Waals surface area contributed by atoms with E-state index in [4.69, 9.17) is 6.57 Å². The second-order valence-electron chi connectivity index (χ2n) is 0.882. The largest absolute Gasteiger partial charge is 0.242 e. The minimum Gasteiger partial charge on any atom is -0.242 e. The van der Waals surface area contributed by atoms with E-state index in [0.717, 1.165) is 0 Å². The Hall–Kier alpha value is -0.420. The zero-order valence-electron chi connectivity index (χ0n) is 3.47. The van der Waals surface area contributed by atoms with E-state index in [1.807, 2.05) is 0 Å². The molecular formula is C4H5NS. The molecule has 0 fully saturated rings. The van der Waals surface area contributed by atoms with Crippen LogP contribution in [-0.2, 0) is 0 Å². The lowest BCUT2D eigenvalue weighted by atomic mass is 10.6. The van der Waals surface area contributed by atoms with Gasteiger partial charge in [0.2, 0.25) is 0 Å². The van der Waals surface area contributed by atoms with Gasteiger partial charge in [-0.1, -0.05) is 0 Å². The van der Waals surface area contributed by atoms with Crippen LogP contribution in [0.3, 0.4) is 0 Å². The Labute approximate surface area is 42.9 Å². The van der Waals surface area contributed by atoms with Crippen molar-refractivity contribution in [1.29, 1.82) is 0 Å². The van der Waals surface area contributed by atoms with Gasteiger partial charge in [-0.3, -0.25) is 0 Å². The topological polar surface area (TPSA) is 4.36 Å². The first-order valence-electron chi connectivity index (χ1n) is 1.49. The first kappa shape index (κ1) is 5.58. The van der Waals surface area contributed by atoms with Crippen LogP contribution in [0.15, 0.2) is 11.1 Å². The summed E-state index contributed by atoms with van der Waals surface area (Å²) in [6.45, 7) is 8.02. The predicted molar refractivity (Wildman–Crippen MR) is 29.3 cm³/mol. The molecule has 0 saturated carbocycles. The van der Waals surface area contributed by atoms with E-state index in [2.05, 4.69) is 17.5 Å². The van der Waals surface area contributed by atoms with Crippen molar-refractivity contribution in [2.24, 2.45) is 0 Å². The van der Waals surface area contributed by atoms with Gasteiger partial charge in [0, 0.05) is 0 Å². The molecule has 1 nitrogen and oxygen atoms in total. The zero-order chi connectivity index (χ0) is 4.99. The van der Waals surface area contributed by atoms with Gasteiger partial charge in [0.05, 0.1) is 6.57 Å². The number of hydrogen-bond donors (Lipinski definition) is 1. The van der Waals surface area contributed by atoms with Gasteiger partial charge >= 0.3 is 0 Å². The molecule has 0 rings (SSSR count). The Morgan fingerprint density at radius 3 is 2.50 bits per heavy atom. The highest BCUT2D eigenvalue weighted by Gasteiger charge is 1.72. The third kappa shape index (κ3) is 1.86. The molecule has 0 unspecified atom stereocenters. The van der Waals surface area contributed by atoms with Crippen LogP contribution in [0.4, 0.5) is 0 Å². The highest BCUT2D eigenvalue weighted by atomic mass is 32.1. The average Bonchev–Trinajstić information content (AvgIpc) is 1.65. The van der Waals surface area contributed by atoms with Crippen molar-refractivity contribution < 1.29 is 0 Å². The summed E-state index contributed by atoms with van der Waals surface area (Å²) in [5.74, 6) is 0. The van der Waals surface area contributed by atoms with Crippen LogP contribution in [0.2, 0.25) is 0 Å². The van der Waals surface area contributed by atoms with Crippen molar-refractivity contribution in [3.8, 4) is 0 Å². The quantitative estimate of drug-likeness (QED) is 0.348. The monoisotopic (exact) mass is 99.0 g/mol. The van der Waals surface area contributed by atoms with Gasteiger partial charge in [0.25, 0.3) is 0 Å². The lowest BCUT2D eigenvalue weighted by Crippen LogP contribution is -1.50. The van der Waals surface area contributed by atoms with Crippen LogP contribution < -0.4 is 0 Å². The van der Waals surface area contributed by atoms with E-state index in [1.54, 1.807) is 6.92 Å². The minimum absolute atomic E-state index is 0.623. The number of nitrogens with zero attached hydrogens (tertiary/aromatic N) is 1. The highest BCUT2D eigenvalue weighted by molar-refractivity contribution is 7.83. The van der Waals surface area contributed by atoms with Gasteiger partial charge in [-0.25, -0.2) is 4.85 Å². The van der Waals surface area contributed by atoms with Crippen molar-refractivity contribution in [3.05, 3.63) is 22.5 Å². The second kappa shape index (κ2) is 2.80. The van der Waals surface area contributed by atoms with Crippen molar-refractivity contribution in [2.75, 3.05) is 0 Å². The fraction of sp³-hybridized carbons (Fsp3) is 0.250. The number of thiol groups is 1. The Morgan fingerprint density at radius 2 is 2.50 bits per heavy atom. The van der Waals surface area contributed by atoms with Crippen molar-refractivity contribution in [1.82, 2.24) is 0 Å². The molecule has 0 amide bonds. The molecule has 0 N–H and O–H groups in total. The van der Waals surface area contributed by atoms with E-state index in [9.17, 15) is 0 Å². The lowest BCUT2D eigenvalue weighted by molar-refractivity contribution is 1.56. The summed E-state index contributed by atoms with van der Waals surface area (Å²) in [4.78, 5) is 3.04. The lowest BCUT2D eigenvalue weighted by Gasteiger charge is -1.70. The standard InChI is InChI=1S/C4H5NS/c1-4(3-6)5-2/h3,6H,1H3/b4-3-. The first-order valence-corrected chi connectivity index (χ1v) is 2.01. The van der Waals surface area contributed by atoms with E-state index in [1.165, 1.54) is 5.41 Å². The molecule has 0 aliphatic carbocycles. The molecule has 0 bridgehead atoms. The van der Waals surface area contributed by atoms with Crippen LogP contribution in [0.25, 0.3) is 4.85 Å².